The maximum absolute atomic E-state index is 13.0. The Bertz CT molecular complexity index is 898. The van der Waals surface area contributed by atoms with Gasteiger partial charge in [-0.2, -0.15) is 0 Å². The summed E-state index contributed by atoms with van der Waals surface area (Å²) in [6.45, 7) is 6.18. The minimum Gasteiger partial charge on any atom is -0.461 e. The lowest BCUT2D eigenvalue weighted by atomic mass is 9.95. The van der Waals surface area contributed by atoms with E-state index in [1.54, 1.807) is 0 Å². The van der Waals surface area contributed by atoms with Crippen molar-refractivity contribution in [3.8, 4) is 0 Å². The molecule has 1 saturated carbocycles. The number of aromatic nitrogens is 2. The highest BCUT2D eigenvalue weighted by atomic mass is 16.6. The lowest BCUT2D eigenvalue weighted by Gasteiger charge is -2.22. The molecule has 7 heteroatoms. The highest BCUT2D eigenvalue weighted by molar-refractivity contribution is 5.72. The standard InChI is InChI=1S/C27H39N3O4/c1-27(2,3)34-26(32)28-16-10-13-22(25(31)33-19-21-11-6-4-7-12-21)17-23-18-30(20-29-23)24-14-8-5-9-15-24/h4,6-7,11-12,18,20,22,24H,5,8-10,13-17,19H2,1-3H3,(H,28,32). The quantitative estimate of drug-likeness (QED) is 0.362. The van der Waals surface area contributed by atoms with Gasteiger partial charge in [-0.25, -0.2) is 9.78 Å². The van der Waals surface area contributed by atoms with Crippen LogP contribution in [0.3, 0.4) is 0 Å². The second-order valence-electron chi connectivity index (χ2n) is 10.2. The number of hydrogen-bond acceptors (Lipinski definition) is 5. The summed E-state index contributed by atoms with van der Waals surface area (Å²) in [7, 11) is 0. The molecule has 186 valence electrons. The van der Waals surface area contributed by atoms with Crippen molar-refractivity contribution in [2.24, 2.45) is 5.92 Å². The molecule has 3 rings (SSSR count). The Morgan fingerprint density at radius 2 is 1.88 bits per heavy atom. The molecule has 1 atom stereocenters. The Hall–Kier alpha value is -2.83. The van der Waals surface area contributed by atoms with Crippen LogP contribution in [0, 0.1) is 5.92 Å². The third-order valence-electron chi connectivity index (χ3n) is 6.06. The van der Waals surface area contributed by atoms with Crippen molar-refractivity contribution >= 4 is 12.1 Å². The van der Waals surface area contributed by atoms with E-state index < -0.39 is 11.7 Å². The van der Waals surface area contributed by atoms with E-state index in [2.05, 4.69) is 21.1 Å². The van der Waals surface area contributed by atoms with Gasteiger partial charge in [0.2, 0.25) is 0 Å². The zero-order valence-corrected chi connectivity index (χ0v) is 20.8. The van der Waals surface area contributed by atoms with Gasteiger partial charge < -0.3 is 19.4 Å². The number of amides is 1. The number of nitrogens with zero attached hydrogens (tertiary/aromatic N) is 2. The predicted molar refractivity (Wildman–Crippen MR) is 131 cm³/mol. The van der Waals surface area contributed by atoms with Gasteiger partial charge in [-0.15, -0.1) is 0 Å². The van der Waals surface area contributed by atoms with E-state index in [1.165, 1.54) is 32.1 Å². The summed E-state index contributed by atoms with van der Waals surface area (Å²) in [5, 5.41) is 2.77. The van der Waals surface area contributed by atoms with E-state index in [4.69, 9.17) is 9.47 Å². The minimum absolute atomic E-state index is 0.228. The molecule has 1 aromatic heterocycles. The fraction of sp³-hybridized carbons (Fsp3) is 0.593. The monoisotopic (exact) mass is 469 g/mol. The van der Waals surface area contributed by atoms with Gasteiger partial charge in [-0.05, 0) is 52.0 Å². The molecule has 1 fully saturated rings. The smallest absolute Gasteiger partial charge is 0.407 e. The van der Waals surface area contributed by atoms with Crippen molar-refractivity contribution in [3.63, 3.8) is 0 Å². The molecule has 1 aromatic carbocycles. The molecule has 2 aromatic rings. The van der Waals surface area contributed by atoms with Crippen LogP contribution >= 0.6 is 0 Å². The van der Waals surface area contributed by atoms with Crippen molar-refractivity contribution in [1.82, 2.24) is 14.9 Å². The second-order valence-corrected chi connectivity index (χ2v) is 10.2. The van der Waals surface area contributed by atoms with E-state index >= 15 is 0 Å². The largest absolute Gasteiger partial charge is 0.461 e. The van der Waals surface area contributed by atoms with Gasteiger partial charge in [0, 0.05) is 25.2 Å². The molecule has 1 aliphatic rings. The van der Waals surface area contributed by atoms with Gasteiger partial charge in [0.05, 0.1) is 17.9 Å². The van der Waals surface area contributed by atoms with E-state index in [0.717, 1.165) is 11.3 Å². The molecular formula is C27H39N3O4. The average Bonchev–Trinajstić information content (AvgIpc) is 3.28. The predicted octanol–water partition coefficient (Wildman–Crippen LogP) is 5.60. The summed E-state index contributed by atoms with van der Waals surface area (Å²) < 4.78 is 13.1. The molecule has 0 saturated heterocycles. The van der Waals surface area contributed by atoms with Crippen LogP contribution in [0.15, 0.2) is 42.9 Å². The third kappa shape index (κ3) is 8.84. The Kier molecular flexibility index (Phi) is 9.54. The van der Waals surface area contributed by atoms with E-state index in [-0.39, 0.29) is 18.5 Å². The van der Waals surface area contributed by atoms with Crippen molar-refractivity contribution in [3.05, 3.63) is 54.1 Å². The molecule has 1 heterocycles. The zero-order valence-electron chi connectivity index (χ0n) is 20.8. The fourth-order valence-electron chi connectivity index (χ4n) is 4.32. The number of esters is 1. The first kappa shape index (κ1) is 25.8. The normalized spacial score (nSPS) is 15.5. The lowest BCUT2D eigenvalue weighted by Crippen LogP contribution is -2.33. The summed E-state index contributed by atoms with van der Waals surface area (Å²) in [4.78, 5) is 29.5. The van der Waals surface area contributed by atoms with Crippen LogP contribution in [0.25, 0.3) is 0 Å². The number of ether oxygens (including phenoxy) is 2. The molecule has 34 heavy (non-hydrogen) atoms. The highest BCUT2D eigenvalue weighted by Gasteiger charge is 2.23. The molecule has 0 bridgehead atoms. The molecular weight excluding hydrogens is 430 g/mol. The van der Waals surface area contributed by atoms with Crippen molar-refractivity contribution < 1.29 is 19.1 Å². The van der Waals surface area contributed by atoms with Crippen LogP contribution in [0.4, 0.5) is 4.79 Å². The van der Waals surface area contributed by atoms with Crippen LogP contribution < -0.4 is 5.32 Å². The van der Waals surface area contributed by atoms with E-state index in [9.17, 15) is 9.59 Å². The first-order chi connectivity index (χ1) is 16.3. The van der Waals surface area contributed by atoms with Gasteiger partial charge in [0.15, 0.2) is 0 Å². The minimum atomic E-state index is -0.537. The summed E-state index contributed by atoms with van der Waals surface area (Å²) in [5.41, 5.74) is 1.33. The molecule has 0 radical (unpaired) electrons. The van der Waals surface area contributed by atoms with Crippen LogP contribution in [0.2, 0.25) is 0 Å². The molecule has 1 amide bonds. The van der Waals surface area contributed by atoms with Gasteiger partial charge >= 0.3 is 12.1 Å². The summed E-state index contributed by atoms with van der Waals surface area (Å²) in [6, 6.07) is 10.2. The maximum Gasteiger partial charge on any atom is 0.407 e. The SMILES string of the molecule is CC(C)(C)OC(=O)NCCCC(Cc1cn(C2CCCCC2)cn1)C(=O)OCc1ccccc1. The zero-order chi connectivity index (χ0) is 24.4. The van der Waals surface area contributed by atoms with Crippen LogP contribution in [-0.2, 0) is 27.3 Å². The lowest BCUT2D eigenvalue weighted by molar-refractivity contribution is -0.150. The number of hydrogen-bond donors (Lipinski definition) is 1. The molecule has 7 nitrogen and oxygen atoms in total. The van der Waals surface area contributed by atoms with Crippen LogP contribution in [-0.4, -0.2) is 33.8 Å². The summed E-state index contributed by atoms with van der Waals surface area (Å²) >= 11 is 0. The van der Waals surface area contributed by atoms with E-state index in [0.29, 0.717) is 31.8 Å². The number of alkyl carbamates (subject to hydrolysis) is 1. The summed E-state index contributed by atoms with van der Waals surface area (Å²) in [6.07, 6.45) is 11.5. The third-order valence-corrected chi connectivity index (χ3v) is 6.06. The van der Waals surface area contributed by atoms with Gasteiger partial charge in [0.1, 0.15) is 12.2 Å². The Balaban J connectivity index is 1.56. The van der Waals surface area contributed by atoms with Crippen LogP contribution in [0.5, 0.6) is 0 Å². The average molecular weight is 470 g/mol. The fourth-order valence-corrected chi connectivity index (χ4v) is 4.32. The first-order valence-corrected chi connectivity index (χ1v) is 12.5. The van der Waals surface area contributed by atoms with Crippen molar-refractivity contribution in [2.75, 3.05) is 6.54 Å². The first-order valence-electron chi connectivity index (χ1n) is 12.5. The molecule has 1 unspecified atom stereocenters. The van der Waals surface area contributed by atoms with Gasteiger partial charge in [-0.3, -0.25) is 4.79 Å². The van der Waals surface area contributed by atoms with Gasteiger partial charge in [0.25, 0.3) is 0 Å². The number of benzene rings is 1. The summed E-state index contributed by atoms with van der Waals surface area (Å²) in [5.74, 6) is -0.549. The van der Waals surface area contributed by atoms with E-state index in [1.807, 2.05) is 57.4 Å². The number of rotatable bonds is 10. The number of carbonyl (C=O) groups excluding carboxylic acids is 2. The number of carbonyl (C=O) groups is 2. The Morgan fingerprint density at radius 3 is 2.59 bits per heavy atom. The van der Waals surface area contributed by atoms with Gasteiger partial charge in [-0.1, -0.05) is 49.6 Å². The Morgan fingerprint density at radius 1 is 1.15 bits per heavy atom. The molecule has 1 N–H and O–H groups in total. The number of nitrogens with one attached hydrogen (secondary N) is 1. The maximum atomic E-state index is 13.0. The van der Waals surface area contributed by atoms with Crippen molar-refractivity contribution in [1.29, 1.82) is 0 Å². The Labute approximate surface area is 203 Å². The molecule has 0 aliphatic heterocycles. The topological polar surface area (TPSA) is 82.5 Å². The molecule has 0 spiro atoms. The highest BCUT2D eigenvalue weighted by Crippen LogP contribution is 2.28. The second kappa shape index (κ2) is 12.6. The van der Waals surface area contributed by atoms with Crippen LogP contribution in [0.1, 0.15) is 83.0 Å². The van der Waals surface area contributed by atoms with Crippen molar-refractivity contribution in [2.45, 2.75) is 90.4 Å². The molecule has 1 aliphatic carbocycles. The number of imidazole rings is 1.